The maximum Gasteiger partial charge on any atom is 0.328 e. The standard InChI is InChI=1S/C14H12N2O6.C3H4N2O2/c17-11(4-6-13(19)20)15-9-2-1-3-10(8-9)16-12(18)5-7-14(21)22;6-2-1-4-3(7)5-2/h1-8H,(H,15,17)(H,16,18)(H,19,20)(H,21,22);1H2,(H2,4,5,6,7). The molecule has 0 aromatic heterocycles. The minimum Gasteiger partial charge on any atom is -0.478 e. The van der Waals surface area contributed by atoms with Gasteiger partial charge in [0.2, 0.25) is 17.7 Å². The lowest BCUT2D eigenvalue weighted by molar-refractivity contribution is -0.132. The SMILES string of the molecule is O=C(O)C=CC(=O)Nc1cccc(NC(=O)C=CC(=O)O)c1.O=C1CNC(=O)N1. The summed E-state index contributed by atoms with van der Waals surface area (Å²) in [5.74, 6) is -4.04. The fourth-order valence-electron chi connectivity index (χ4n) is 1.71. The van der Waals surface area contributed by atoms with E-state index in [4.69, 9.17) is 10.2 Å². The number of carboxylic acids is 2. The highest BCUT2D eigenvalue weighted by Gasteiger charge is 2.14. The maximum absolute atomic E-state index is 11.4. The van der Waals surface area contributed by atoms with Crippen molar-refractivity contribution in [2.45, 2.75) is 0 Å². The monoisotopic (exact) mass is 404 g/mol. The molecule has 6 N–H and O–H groups in total. The van der Waals surface area contributed by atoms with Crippen molar-refractivity contribution < 1.29 is 39.0 Å². The number of carbonyl (C=O) groups excluding carboxylic acids is 4. The lowest BCUT2D eigenvalue weighted by Crippen LogP contribution is -2.22. The summed E-state index contributed by atoms with van der Waals surface area (Å²) < 4.78 is 0. The van der Waals surface area contributed by atoms with E-state index in [2.05, 4.69) is 16.0 Å². The third-order valence-electron chi connectivity index (χ3n) is 2.81. The molecule has 1 aromatic rings. The van der Waals surface area contributed by atoms with Gasteiger partial charge in [0.05, 0.1) is 6.54 Å². The number of anilines is 2. The summed E-state index contributed by atoms with van der Waals surface area (Å²) in [6.45, 7) is 0.124. The van der Waals surface area contributed by atoms with Crippen LogP contribution in [-0.4, -0.2) is 52.4 Å². The molecule has 12 heteroatoms. The van der Waals surface area contributed by atoms with E-state index in [1.165, 1.54) is 18.2 Å². The molecule has 1 aliphatic heterocycles. The average molecular weight is 404 g/mol. The second-order valence-corrected chi connectivity index (χ2v) is 5.13. The number of imide groups is 1. The Kier molecular flexibility index (Phi) is 8.77. The van der Waals surface area contributed by atoms with Gasteiger partial charge in [0, 0.05) is 35.7 Å². The van der Waals surface area contributed by atoms with E-state index < -0.39 is 29.8 Å². The number of aliphatic carboxylic acids is 2. The molecule has 29 heavy (non-hydrogen) atoms. The van der Waals surface area contributed by atoms with Gasteiger partial charge in [-0.2, -0.15) is 0 Å². The van der Waals surface area contributed by atoms with E-state index in [1.807, 2.05) is 5.32 Å². The highest BCUT2D eigenvalue weighted by atomic mass is 16.4. The number of amides is 5. The second-order valence-electron chi connectivity index (χ2n) is 5.13. The number of carbonyl (C=O) groups is 6. The highest BCUT2D eigenvalue weighted by Crippen LogP contribution is 2.15. The lowest BCUT2D eigenvalue weighted by atomic mass is 10.2. The number of hydrogen-bond acceptors (Lipinski definition) is 6. The van der Waals surface area contributed by atoms with Gasteiger partial charge in [-0.05, 0) is 18.2 Å². The number of benzene rings is 1. The van der Waals surface area contributed by atoms with Crippen LogP contribution in [0.4, 0.5) is 16.2 Å². The number of hydrogen-bond donors (Lipinski definition) is 6. The molecule has 1 aromatic carbocycles. The molecule has 1 fully saturated rings. The first kappa shape index (κ1) is 22.6. The predicted octanol–water partition coefficient (Wildman–Crippen LogP) is -0.329. The van der Waals surface area contributed by atoms with Gasteiger partial charge >= 0.3 is 18.0 Å². The van der Waals surface area contributed by atoms with Crippen LogP contribution in [-0.2, 0) is 24.0 Å². The van der Waals surface area contributed by atoms with Crippen LogP contribution in [0.5, 0.6) is 0 Å². The largest absolute Gasteiger partial charge is 0.478 e. The van der Waals surface area contributed by atoms with Gasteiger partial charge in [-0.15, -0.1) is 0 Å². The van der Waals surface area contributed by atoms with Crippen molar-refractivity contribution in [3.05, 3.63) is 48.6 Å². The van der Waals surface area contributed by atoms with Gasteiger partial charge in [0.25, 0.3) is 0 Å². The number of rotatable bonds is 6. The molecule has 0 atom stereocenters. The summed E-state index contributed by atoms with van der Waals surface area (Å²) in [7, 11) is 0. The Morgan fingerprint density at radius 1 is 0.862 bits per heavy atom. The Morgan fingerprint density at radius 2 is 1.34 bits per heavy atom. The zero-order valence-electron chi connectivity index (χ0n) is 14.7. The molecule has 1 saturated heterocycles. The molecule has 1 aliphatic rings. The predicted molar refractivity (Wildman–Crippen MR) is 98.8 cm³/mol. The molecule has 1 heterocycles. The Hall–Kier alpha value is -4.48. The van der Waals surface area contributed by atoms with E-state index in [9.17, 15) is 28.8 Å². The van der Waals surface area contributed by atoms with Gasteiger partial charge in [-0.3, -0.25) is 19.7 Å². The van der Waals surface area contributed by atoms with Gasteiger partial charge in [0.1, 0.15) is 0 Å². The molecular formula is C17H16N4O8. The average Bonchev–Trinajstić information content (AvgIpc) is 3.02. The minimum atomic E-state index is -1.25. The van der Waals surface area contributed by atoms with Crippen molar-refractivity contribution in [3.63, 3.8) is 0 Å². The van der Waals surface area contributed by atoms with Crippen molar-refractivity contribution in [2.24, 2.45) is 0 Å². The van der Waals surface area contributed by atoms with E-state index >= 15 is 0 Å². The first-order valence-corrected chi connectivity index (χ1v) is 7.77. The lowest BCUT2D eigenvalue weighted by Gasteiger charge is -2.06. The number of carboxylic acid groups (broad SMARTS) is 2. The first-order valence-electron chi connectivity index (χ1n) is 7.77. The van der Waals surface area contributed by atoms with Crippen LogP contribution in [0.2, 0.25) is 0 Å². The summed E-state index contributed by atoms with van der Waals surface area (Å²) in [5, 5.41) is 25.9. The maximum atomic E-state index is 11.4. The van der Waals surface area contributed by atoms with Crippen molar-refractivity contribution in [2.75, 3.05) is 17.2 Å². The van der Waals surface area contributed by atoms with E-state index in [0.717, 1.165) is 12.2 Å². The smallest absolute Gasteiger partial charge is 0.328 e. The first-order chi connectivity index (χ1) is 13.7. The fourth-order valence-corrected chi connectivity index (χ4v) is 1.71. The van der Waals surface area contributed by atoms with Crippen LogP contribution >= 0.6 is 0 Å². The topological polar surface area (TPSA) is 191 Å². The van der Waals surface area contributed by atoms with E-state index in [0.29, 0.717) is 23.5 Å². The quantitative estimate of drug-likeness (QED) is 0.274. The number of nitrogens with one attached hydrogen (secondary N) is 4. The molecular weight excluding hydrogens is 388 g/mol. The van der Waals surface area contributed by atoms with Gasteiger partial charge in [-0.25, -0.2) is 14.4 Å². The van der Waals surface area contributed by atoms with E-state index in [1.54, 1.807) is 6.07 Å². The summed E-state index contributed by atoms with van der Waals surface area (Å²) >= 11 is 0. The van der Waals surface area contributed by atoms with Crippen LogP contribution in [0.15, 0.2) is 48.6 Å². The highest BCUT2D eigenvalue weighted by molar-refractivity contribution is 6.04. The van der Waals surface area contributed by atoms with Crippen molar-refractivity contribution in [1.29, 1.82) is 0 Å². The zero-order chi connectivity index (χ0) is 21.8. The minimum absolute atomic E-state index is 0.124. The van der Waals surface area contributed by atoms with Crippen LogP contribution < -0.4 is 21.3 Å². The third-order valence-corrected chi connectivity index (χ3v) is 2.81. The van der Waals surface area contributed by atoms with Crippen molar-refractivity contribution in [3.8, 4) is 0 Å². The Morgan fingerprint density at radius 3 is 1.66 bits per heavy atom. The summed E-state index contributed by atoms with van der Waals surface area (Å²) in [6, 6.07) is 5.65. The summed E-state index contributed by atoms with van der Waals surface area (Å²) in [6.07, 6.45) is 3.09. The Balaban J connectivity index is 0.000000502. The molecule has 0 saturated carbocycles. The van der Waals surface area contributed by atoms with Gasteiger partial charge < -0.3 is 26.2 Å². The van der Waals surface area contributed by atoms with Gasteiger partial charge in [0.15, 0.2) is 0 Å². The van der Waals surface area contributed by atoms with Crippen molar-refractivity contribution in [1.82, 2.24) is 10.6 Å². The molecule has 152 valence electrons. The van der Waals surface area contributed by atoms with Gasteiger partial charge in [-0.1, -0.05) is 6.07 Å². The van der Waals surface area contributed by atoms with Crippen LogP contribution in [0.1, 0.15) is 0 Å². The van der Waals surface area contributed by atoms with Crippen molar-refractivity contribution >= 4 is 47.1 Å². The molecule has 0 radical (unpaired) electrons. The zero-order valence-corrected chi connectivity index (χ0v) is 14.7. The third kappa shape index (κ3) is 10.3. The van der Waals surface area contributed by atoms with E-state index in [-0.39, 0.29) is 12.5 Å². The fraction of sp³-hybridized carbons (Fsp3) is 0.0588. The molecule has 12 nitrogen and oxygen atoms in total. The van der Waals surface area contributed by atoms with Crippen LogP contribution in [0.3, 0.4) is 0 Å². The second kappa shape index (κ2) is 11.3. The molecule has 0 spiro atoms. The Bertz CT molecular complexity index is 824. The van der Waals surface area contributed by atoms with Crippen LogP contribution in [0, 0.1) is 0 Å². The summed E-state index contributed by atoms with van der Waals surface area (Å²) in [4.78, 5) is 63.4. The molecule has 0 bridgehead atoms. The molecule has 2 rings (SSSR count). The normalized spacial score (nSPS) is 12.6. The summed E-state index contributed by atoms with van der Waals surface area (Å²) in [5.41, 5.74) is 0.667. The van der Waals surface area contributed by atoms with Crippen LogP contribution in [0.25, 0.3) is 0 Å². The molecule has 0 unspecified atom stereocenters. The molecule has 5 amide bonds. The number of urea groups is 1. The Labute approximate surface area is 163 Å². The molecule has 0 aliphatic carbocycles.